The molecule has 4 N–H and O–H groups in total. The fourth-order valence-electron chi connectivity index (χ4n) is 4.74. The minimum absolute atomic E-state index is 0.193. The second kappa shape index (κ2) is 10.5. The van der Waals surface area contributed by atoms with Gasteiger partial charge in [-0.15, -0.1) is 0 Å². The van der Waals surface area contributed by atoms with Crippen molar-refractivity contribution in [2.75, 3.05) is 25.6 Å². The predicted octanol–water partition coefficient (Wildman–Crippen LogP) is 3.73. The fourth-order valence-corrected chi connectivity index (χ4v) is 6.25. The monoisotopic (exact) mass is 605 g/mol. The van der Waals surface area contributed by atoms with Crippen LogP contribution in [0.5, 0.6) is 11.5 Å². The summed E-state index contributed by atoms with van der Waals surface area (Å²) in [5.74, 6) is 1.88. The summed E-state index contributed by atoms with van der Waals surface area (Å²) in [5, 5.41) is 12.1. The van der Waals surface area contributed by atoms with Crippen molar-refractivity contribution >= 4 is 56.7 Å². The third-order valence-electron chi connectivity index (χ3n) is 6.77. The smallest absolute Gasteiger partial charge is 0.405 e. The van der Waals surface area contributed by atoms with Crippen LogP contribution in [0.3, 0.4) is 0 Å². The van der Waals surface area contributed by atoms with Gasteiger partial charge in [0.25, 0.3) is 0 Å². The maximum Gasteiger partial charge on any atom is 0.405 e. The molecule has 0 unspecified atom stereocenters. The highest BCUT2D eigenvalue weighted by atomic mass is 79.9. The SMILES string of the molecule is CC(C)(NC(=O)O)C(=O)N1CCC(CCn2c(Sc3cc4c(cc3Br)OCO4)nc3c(N)ncnc32)CC1. The molecule has 0 radical (unpaired) electrons. The van der Waals surface area contributed by atoms with Gasteiger partial charge in [-0.2, -0.15) is 0 Å². The van der Waals surface area contributed by atoms with E-state index in [1.807, 2.05) is 12.1 Å². The van der Waals surface area contributed by atoms with Crippen molar-refractivity contribution in [3.05, 3.63) is 22.9 Å². The Morgan fingerprint density at radius 3 is 2.66 bits per heavy atom. The van der Waals surface area contributed by atoms with Crippen molar-refractivity contribution in [3.8, 4) is 11.5 Å². The highest BCUT2D eigenvalue weighted by Gasteiger charge is 2.35. The first kappa shape index (κ1) is 26.4. The lowest BCUT2D eigenvalue weighted by Crippen LogP contribution is -2.57. The maximum atomic E-state index is 12.8. The maximum absolute atomic E-state index is 12.8. The molecule has 1 saturated heterocycles. The number of ether oxygens (including phenoxy) is 2. The molecule has 2 aliphatic heterocycles. The number of nitrogens with two attached hydrogens (primary N) is 1. The number of nitrogen functional groups attached to an aromatic ring is 1. The second-order valence-electron chi connectivity index (χ2n) is 9.79. The quantitative estimate of drug-likeness (QED) is 0.362. The fraction of sp³-hybridized carbons (Fsp3) is 0.458. The van der Waals surface area contributed by atoms with Gasteiger partial charge in [-0.25, -0.2) is 19.7 Å². The number of aryl methyl sites for hydroxylation is 1. The summed E-state index contributed by atoms with van der Waals surface area (Å²) >= 11 is 5.10. The van der Waals surface area contributed by atoms with Gasteiger partial charge in [-0.05, 0) is 67.1 Å². The lowest BCUT2D eigenvalue weighted by Gasteiger charge is -2.37. The number of carbonyl (C=O) groups excluding carboxylic acids is 1. The van der Waals surface area contributed by atoms with Crippen LogP contribution in [0.1, 0.15) is 33.1 Å². The van der Waals surface area contributed by atoms with Crippen LogP contribution in [0.15, 0.2) is 33.0 Å². The molecule has 0 bridgehead atoms. The lowest BCUT2D eigenvalue weighted by molar-refractivity contribution is -0.138. The Bertz CT molecular complexity index is 1390. The number of halogens is 1. The summed E-state index contributed by atoms with van der Waals surface area (Å²) < 4.78 is 13.9. The zero-order chi connectivity index (χ0) is 27.0. The standard InChI is InChI=1S/C24H28BrN7O5S/c1-24(2,30-23(34)35)21(33)31-6-3-13(4-7-31)5-8-32-20-18(19(26)27-11-28-20)29-22(32)38-17-10-16-15(9-14(17)25)36-12-37-16/h9-11,13,30H,3-8,12H2,1-2H3,(H,34,35)(H2,26,27,28). The number of imidazole rings is 1. The third-order valence-corrected chi connectivity index (χ3v) is 8.74. The van der Waals surface area contributed by atoms with Crippen LogP contribution in [0.2, 0.25) is 0 Å². The van der Waals surface area contributed by atoms with Crippen LogP contribution in [0.4, 0.5) is 10.6 Å². The largest absolute Gasteiger partial charge is 0.465 e. The number of likely N-dealkylation sites (tertiary alicyclic amines) is 1. The molecule has 2 aromatic heterocycles. The van der Waals surface area contributed by atoms with E-state index in [1.165, 1.54) is 18.1 Å². The van der Waals surface area contributed by atoms with Crippen molar-refractivity contribution < 1.29 is 24.2 Å². The number of fused-ring (bicyclic) bond motifs is 2. The minimum Gasteiger partial charge on any atom is -0.465 e. The molecule has 14 heteroatoms. The van der Waals surface area contributed by atoms with Gasteiger partial charge in [0.1, 0.15) is 11.9 Å². The molecule has 1 fully saturated rings. The number of benzene rings is 1. The number of piperidine rings is 1. The zero-order valence-corrected chi connectivity index (χ0v) is 23.3. The second-order valence-corrected chi connectivity index (χ2v) is 11.7. The first-order valence-electron chi connectivity index (χ1n) is 12.2. The van der Waals surface area contributed by atoms with Crippen LogP contribution < -0.4 is 20.5 Å². The van der Waals surface area contributed by atoms with E-state index >= 15 is 0 Å². The van der Waals surface area contributed by atoms with Crippen LogP contribution in [-0.4, -0.2) is 66.9 Å². The van der Waals surface area contributed by atoms with Crippen molar-refractivity contribution in [1.29, 1.82) is 0 Å². The van der Waals surface area contributed by atoms with E-state index in [2.05, 4.69) is 35.8 Å². The van der Waals surface area contributed by atoms with Crippen LogP contribution in [0.25, 0.3) is 11.2 Å². The Morgan fingerprint density at radius 1 is 1.24 bits per heavy atom. The van der Waals surface area contributed by atoms with Crippen LogP contribution in [-0.2, 0) is 11.3 Å². The van der Waals surface area contributed by atoms with E-state index in [0.29, 0.717) is 54.0 Å². The molecule has 3 aromatic rings. The Balaban J connectivity index is 1.30. The molecule has 0 aliphatic carbocycles. The summed E-state index contributed by atoms with van der Waals surface area (Å²) in [6, 6.07) is 3.80. The first-order chi connectivity index (χ1) is 18.1. The minimum atomic E-state index is -1.21. The molecular formula is C24H28BrN7O5S. The van der Waals surface area contributed by atoms with Gasteiger partial charge in [0.2, 0.25) is 12.7 Å². The number of carbonyl (C=O) groups is 2. The first-order valence-corrected chi connectivity index (χ1v) is 13.8. The number of hydrogen-bond acceptors (Lipinski definition) is 9. The van der Waals surface area contributed by atoms with Gasteiger partial charge in [-0.1, -0.05) is 11.8 Å². The molecule has 38 heavy (non-hydrogen) atoms. The Hall–Kier alpha value is -3.26. The molecule has 202 valence electrons. The van der Waals surface area contributed by atoms with Crippen molar-refractivity contribution in [1.82, 2.24) is 29.7 Å². The Morgan fingerprint density at radius 2 is 1.95 bits per heavy atom. The number of nitrogens with zero attached hydrogens (tertiary/aromatic N) is 5. The number of anilines is 1. The summed E-state index contributed by atoms with van der Waals surface area (Å²) in [7, 11) is 0. The van der Waals surface area contributed by atoms with E-state index < -0.39 is 11.6 Å². The van der Waals surface area contributed by atoms with Gasteiger partial charge in [0, 0.05) is 29.0 Å². The summed E-state index contributed by atoms with van der Waals surface area (Å²) in [5.41, 5.74) is 6.19. The van der Waals surface area contributed by atoms with Crippen molar-refractivity contribution in [3.63, 3.8) is 0 Å². The molecule has 1 aromatic carbocycles. The molecule has 4 heterocycles. The number of nitrogens with one attached hydrogen (secondary N) is 1. The number of amides is 2. The molecule has 5 rings (SSSR count). The van der Waals surface area contributed by atoms with E-state index in [0.717, 1.165) is 33.8 Å². The Kier molecular flexibility index (Phi) is 7.27. The molecule has 0 atom stereocenters. The molecular weight excluding hydrogens is 578 g/mol. The molecule has 2 aliphatic rings. The third kappa shape index (κ3) is 5.32. The van der Waals surface area contributed by atoms with E-state index in [-0.39, 0.29) is 12.7 Å². The average molecular weight is 607 g/mol. The Labute approximate surface area is 231 Å². The van der Waals surface area contributed by atoms with E-state index in [9.17, 15) is 9.59 Å². The van der Waals surface area contributed by atoms with Crippen LogP contribution in [0, 0.1) is 5.92 Å². The zero-order valence-electron chi connectivity index (χ0n) is 20.9. The topological polar surface area (TPSA) is 158 Å². The normalized spacial score (nSPS) is 15.7. The lowest BCUT2D eigenvalue weighted by atomic mass is 9.92. The number of rotatable bonds is 7. The van der Waals surface area contributed by atoms with Gasteiger partial charge in [0.15, 0.2) is 33.6 Å². The average Bonchev–Trinajstić information content (AvgIpc) is 3.46. The highest BCUT2D eigenvalue weighted by molar-refractivity contribution is 9.10. The summed E-state index contributed by atoms with van der Waals surface area (Å²) in [4.78, 5) is 39.9. The van der Waals surface area contributed by atoms with Gasteiger partial charge < -0.3 is 35.1 Å². The highest BCUT2D eigenvalue weighted by Crippen LogP contribution is 2.43. The molecule has 12 nitrogen and oxygen atoms in total. The molecule has 0 saturated carbocycles. The van der Waals surface area contributed by atoms with Crippen molar-refractivity contribution in [2.45, 2.75) is 55.2 Å². The predicted molar refractivity (Wildman–Crippen MR) is 143 cm³/mol. The summed E-state index contributed by atoms with van der Waals surface area (Å²) in [6.45, 7) is 5.20. The number of carboxylic acid groups (broad SMARTS) is 1. The van der Waals surface area contributed by atoms with E-state index in [1.54, 1.807) is 18.7 Å². The van der Waals surface area contributed by atoms with Gasteiger partial charge in [-0.3, -0.25) is 4.79 Å². The van der Waals surface area contributed by atoms with Crippen LogP contribution >= 0.6 is 27.7 Å². The summed E-state index contributed by atoms with van der Waals surface area (Å²) in [6.07, 6.45) is 2.75. The van der Waals surface area contributed by atoms with Gasteiger partial charge >= 0.3 is 6.09 Å². The number of hydrogen-bond donors (Lipinski definition) is 3. The van der Waals surface area contributed by atoms with Gasteiger partial charge in [0.05, 0.1) is 0 Å². The van der Waals surface area contributed by atoms with Crippen molar-refractivity contribution in [2.24, 2.45) is 5.92 Å². The number of aromatic nitrogens is 4. The molecule has 0 spiro atoms. The molecule has 2 amide bonds. The van der Waals surface area contributed by atoms with E-state index in [4.69, 9.17) is 25.3 Å².